The topological polar surface area (TPSA) is 88.0 Å². The molecule has 6 nitrogen and oxygen atoms in total. The van der Waals surface area contributed by atoms with E-state index in [9.17, 15) is 14.0 Å². The van der Waals surface area contributed by atoms with Gasteiger partial charge in [-0.3, -0.25) is 4.79 Å². The first-order valence-corrected chi connectivity index (χ1v) is 6.00. The van der Waals surface area contributed by atoms with Crippen molar-refractivity contribution < 1.29 is 23.9 Å². The molecule has 20 heavy (non-hydrogen) atoms. The molecular weight excluding hydrogens is 267 g/mol. The van der Waals surface area contributed by atoms with Crippen LogP contribution in [0.15, 0.2) is 29.4 Å². The molecule has 2 N–H and O–H groups in total. The van der Waals surface area contributed by atoms with Crippen LogP contribution in [0.4, 0.5) is 4.39 Å². The highest BCUT2D eigenvalue weighted by Crippen LogP contribution is 2.18. The molecule has 0 bridgehead atoms. The first-order valence-electron chi connectivity index (χ1n) is 6.00. The fraction of sp³-hybridized carbons (Fsp3) is 0.308. The fourth-order valence-corrected chi connectivity index (χ4v) is 1.85. The van der Waals surface area contributed by atoms with E-state index in [-0.39, 0.29) is 12.1 Å². The fourth-order valence-electron chi connectivity index (χ4n) is 1.85. The molecule has 1 aliphatic heterocycles. The van der Waals surface area contributed by atoms with Crippen LogP contribution in [-0.2, 0) is 14.4 Å². The Morgan fingerprint density at radius 1 is 1.50 bits per heavy atom. The van der Waals surface area contributed by atoms with Crippen LogP contribution >= 0.6 is 0 Å². The lowest BCUT2D eigenvalue weighted by molar-refractivity contribution is -0.132. The highest BCUT2D eigenvalue weighted by Gasteiger charge is 2.32. The summed E-state index contributed by atoms with van der Waals surface area (Å²) in [5.74, 6) is -2.17. The molecule has 1 aromatic carbocycles. The van der Waals surface area contributed by atoms with Gasteiger partial charge in [-0.2, -0.15) is 0 Å². The maximum Gasteiger partial charge on any atom is 0.353 e. The highest BCUT2D eigenvalue weighted by molar-refractivity contribution is 6.36. The Bertz CT molecular complexity index is 573. The summed E-state index contributed by atoms with van der Waals surface area (Å²) < 4.78 is 13.6. The van der Waals surface area contributed by atoms with Crippen LogP contribution in [0.3, 0.4) is 0 Å². The summed E-state index contributed by atoms with van der Waals surface area (Å²) in [4.78, 5) is 27.3. The molecule has 1 amide bonds. The minimum atomic E-state index is -1.22. The molecule has 0 aromatic heterocycles. The van der Waals surface area contributed by atoms with Crippen molar-refractivity contribution >= 4 is 17.6 Å². The minimum absolute atomic E-state index is 0.106. The van der Waals surface area contributed by atoms with Crippen LogP contribution in [-0.4, -0.2) is 28.8 Å². The van der Waals surface area contributed by atoms with E-state index in [4.69, 9.17) is 9.94 Å². The van der Waals surface area contributed by atoms with Gasteiger partial charge in [-0.15, -0.1) is 0 Å². The standard InChI is InChI=1S/C13H13FN2O4/c1-7(8-4-2-3-5-9(8)14)15-12(17)11-6-10(13(18)19)16-20-11/h2-5,7,11H,6H2,1H3,(H,15,17)(H,18,19). The number of oxime groups is 1. The van der Waals surface area contributed by atoms with Gasteiger partial charge in [-0.1, -0.05) is 23.4 Å². The van der Waals surface area contributed by atoms with Gasteiger partial charge in [-0.25, -0.2) is 9.18 Å². The van der Waals surface area contributed by atoms with Gasteiger partial charge in [0.05, 0.1) is 6.04 Å². The zero-order chi connectivity index (χ0) is 14.7. The molecule has 0 fully saturated rings. The van der Waals surface area contributed by atoms with Gasteiger partial charge in [0.2, 0.25) is 6.10 Å². The smallest absolute Gasteiger partial charge is 0.353 e. The lowest BCUT2D eigenvalue weighted by atomic mass is 10.1. The van der Waals surface area contributed by atoms with Gasteiger partial charge in [-0.05, 0) is 13.0 Å². The van der Waals surface area contributed by atoms with Crippen LogP contribution < -0.4 is 5.32 Å². The van der Waals surface area contributed by atoms with E-state index in [1.54, 1.807) is 25.1 Å². The van der Waals surface area contributed by atoms with E-state index in [2.05, 4.69) is 10.5 Å². The van der Waals surface area contributed by atoms with Crippen molar-refractivity contribution in [3.63, 3.8) is 0 Å². The second-order valence-electron chi connectivity index (χ2n) is 4.39. The maximum absolute atomic E-state index is 13.6. The number of amides is 1. The predicted octanol–water partition coefficient (Wildman–Crippen LogP) is 1.23. The van der Waals surface area contributed by atoms with Crippen LogP contribution in [0.1, 0.15) is 24.9 Å². The van der Waals surface area contributed by atoms with Crippen molar-refractivity contribution in [2.75, 3.05) is 0 Å². The van der Waals surface area contributed by atoms with Crippen LogP contribution in [0.25, 0.3) is 0 Å². The van der Waals surface area contributed by atoms with Crippen molar-refractivity contribution in [1.29, 1.82) is 0 Å². The van der Waals surface area contributed by atoms with Gasteiger partial charge >= 0.3 is 5.97 Å². The van der Waals surface area contributed by atoms with Crippen molar-refractivity contribution in [3.8, 4) is 0 Å². The third-order valence-electron chi connectivity index (χ3n) is 2.94. The number of nitrogens with one attached hydrogen (secondary N) is 1. The molecule has 0 spiro atoms. The van der Waals surface area contributed by atoms with Gasteiger partial charge < -0.3 is 15.3 Å². The van der Waals surface area contributed by atoms with E-state index < -0.39 is 29.8 Å². The Labute approximate surface area is 114 Å². The zero-order valence-electron chi connectivity index (χ0n) is 10.7. The molecule has 7 heteroatoms. The number of benzene rings is 1. The molecule has 1 aliphatic rings. The molecule has 2 rings (SSSR count). The largest absolute Gasteiger partial charge is 0.477 e. The number of rotatable bonds is 4. The molecule has 1 heterocycles. The lowest BCUT2D eigenvalue weighted by Crippen LogP contribution is -2.37. The van der Waals surface area contributed by atoms with Crippen LogP contribution in [0, 0.1) is 5.82 Å². The summed E-state index contributed by atoms with van der Waals surface area (Å²) in [6.07, 6.45) is -1.10. The summed E-state index contributed by atoms with van der Waals surface area (Å²) in [6.45, 7) is 1.63. The maximum atomic E-state index is 13.6. The third-order valence-corrected chi connectivity index (χ3v) is 2.94. The number of aliphatic carboxylic acids is 1. The first-order chi connectivity index (χ1) is 9.49. The Morgan fingerprint density at radius 3 is 2.80 bits per heavy atom. The second kappa shape index (κ2) is 5.68. The number of carboxylic acid groups (broad SMARTS) is 1. The number of hydrogen-bond acceptors (Lipinski definition) is 4. The molecule has 2 unspecified atom stereocenters. The van der Waals surface area contributed by atoms with E-state index in [1.807, 2.05) is 0 Å². The molecule has 0 saturated heterocycles. The normalized spacial score (nSPS) is 18.9. The molecular formula is C13H13FN2O4. The number of carbonyl (C=O) groups is 2. The first kappa shape index (κ1) is 14.0. The van der Waals surface area contributed by atoms with Crippen molar-refractivity contribution in [1.82, 2.24) is 5.32 Å². The Balaban J connectivity index is 1.96. The summed E-state index contributed by atoms with van der Waals surface area (Å²) in [6, 6.07) is 5.53. The Morgan fingerprint density at radius 2 is 2.20 bits per heavy atom. The highest BCUT2D eigenvalue weighted by atomic mass is 19.1. The molecule has 2 atom stereocenters. The van der Waals surface area contributed by atoms with Gasteiger partial charge in [0.25, 0.3) is 5.91 Å². The van der Waals surface area contributed by atoms with Gasteiger partial charge in [0, 0.05) is 12.0 Å². The monoisotopic (exact) mass is 280 g/mol. The van der Waals surface area contributed by atoms with Gasteiger partial charge in [0.1, 0.15) is 5.82 Å². The molecule has 106 valence electrons. The number of carboxylic acids is 1. The Kier molecular flexibility index (Phi) is 3.97. The van der Waals surface area contributed by atoms with E-state index in [1.165, 1.54) is 6.07 Å². The molecule has 1 aromatic rings. The van der Waals surface area contributed by atoms with E-state index in [0.29, 0.717) is 5.56 Å². The number of nitrogens with zero attached hydrogens (tertiary/aromatic N) is 1. The summed E-state index contributed by atoms with van der Waals surface area (Å²) >= 11 is 0. The molecule has 0 saturated carbocycles. The predicted molar refractivity (Wildman–Crippen MR) is 67.5 cm³/mol. The van der Waals surface area contributed by atoms with Crippen molar-refractivity contribution in [3.05, 3.63) is 35.6 Å². The van der Waals surface area contributed by atoms with E-state index in [0.717, 1.165) is 0 Å². The average molecular weight is 280 g/mol. The number of hydrogen-bond donors (Lipinski definition) is 2. The van der Waals surface area contributed by atoms with Crippen LogP contribution in [0.2, 0.25) is 0 Å². The number of carbonyl (C=O) groups excluding carboxylic acids is 1. The lowest BCUT2D eigenvalue weighted by Gasteiger charge is -2.16. The quantitative estimate of drug-likeness (QED) is 0.868. The Hall–Kier alpha value is -2.44. The second-order valence-corrected chi connectivity index (χ2v) is 4.39. The average Bonchev–Trinajstić information content (AvgIpc) is 2.88. The zero-order valence-corrected chi connectivity index (χ0v) is 10.7. The summed E-state index contributed by atoms with van der Waals surface area (Å²) in [5, 5.41) is 14.6. The third kappa shape index (κ3) is 2.93. The van der Waals surface area contributed by atoms with Crippen LogP contribution in [0.5, 0.6) is 0 Å². The molecule has 0 radical (unpaired) electrons. The van der Waals surface area contributed by atoms with Gasteiger partial charge in [0.15, 0.2) is 5.71 Å². The minimum Gasteiger partial charge on any atom is -0.477 e. The molecule has 0 aliphatic carbocycles. The van der Waals surface area contributed by atoms with Crippen molar-refractivity contribution in [2.45, 2.75) is 25.5 Å². The number of halogens is 1. The summed E-state index contributed by atoms with van der Waals surface area (Å²) in [7, 11) is 0. The SMILES string of the molecule is CC(NC(=O)C1CC(C(=O)O)=NO1)c1ccccc1F. The van der Waals surface area contributed by atoms with Crippen molar-refractivity contribution in [2.24, 2.45) is 5.16 Å². The summed E-state index contributed by atoms with van der Waals surface area (Å²) in [5.41, 5.74) is 0.141. The van der Waals surface area contributed by atoms with E-state index >= 15 is 0 Å².